The van der Waals surface area contributed by atoms with Crippen molar-refractivity contribution in [3.05, 3.63) is 70.9 Å². The zero-order valence-corrected chi connectivity index (χ0v) is 17.2. The first-order valence-electron chi connectivity index (χ1n) is 9.96. The fraction of sp³-hybridized carbons (Fsp3) is 0.391. The van der Waals surface area contributed by atoms with Gasteiger partial charge in [0.1, 0.15) is 0 Å². The maximum Gasteiger partial charge on any atom is 0.0491 e. The Bertz CT molecular complexity index is 852. The van der Waals surface area contributed by atoms with Gasteiger partial charge in [0.05, 0.1) is 0 Å². The lowest BCUT2D eigenvalue weighted by Crippen LogP contribution is -2.27. The Morgan fingerprint density at radius 1 is 0.963 bits per heavy atom. The number of nitrogens with one attached hydrogen (secondary N) is 1. The number of halogens is 1. The van der Waals surface area contributed by atoms with Crippen LogP contribution < -0.4 is 5.32 Å². The molecule has 0 aliphatic rings. The van der Waals surface area contributed by atoms with E-state index in [2.05, 4.69) is 65.2 Å². The summed E-state index contributed by atoms with van der Waals surface area (Å²) in [6, 6.07) is 16.7. The summed E-state index contributed by atoms with van der Waals surface area (Å²) in [5.41, 5.74) is 3.76. The summed E-state index contributed by atoms with van der Waals surface area (Å²) in [4.78, 5) is 2.47. The highest BCUT2D eigenvalue weighted by Crippen LogP contribution is 2.24. The molecule has 4 heteroatoms. The van der Waals surface area contributed by atoms with E-state index in [-0.39, 0.29) is 0 Å². The van der Waals surface area contributed by atoms with Crippen LogP contribution in [0.5, 0.6) is 0 Å². The zero-order chi connectivity index (χ0) is 19.1. The van der Waals surface area contributed by atoms with Crippen molar-refractivity contribution in [1.82, 2.24) is 14.8 Å². The van der Waals surface area contributed by atoms with E-state index in [0.29, 0.717) is 0 Å². The van der Waals surface area contributed by atoms with Crippen molar-refractivity contribution in [3.8, 4) is 0 Å². The molecule has 0 saturated carbocycles. The molecule has 0 fully saturated rings. The molecule has 0 atom stereocenters. The summed E-state index contributed by atoms with van der Waals surface area (Å²) in [5, 5.41) is 5.77. The molecule has 3 aromatic rings. The van der Waals surface area contributed by atoms with Gasteiger partial charge in [-0.15, -0.1) is 0 Å². The number of nitrogens with zero attached hydrogens (tertiary/aromatic N) is 2. The first-order chi connectivity index (χ1) is 13.2. The molecule has 3 rings (SSSR count). The zero-order valence-electron chi connectivity index (χ0n) is 16.4. The van der Waals surface area contributed by atoms with Gasteiger partial charge in [-0.25, -0.2) is 0 Å². The van der Waals surface area contributed by atoms with Crippen LogP contribution >= 0.6 is 11.6 Å². The van der Waals surface area contributed by atoms with Crippen LogP contribution in [0, 0.1) is 0 Å². The third-order valence-corrected chi connectivity index (χ3v) is 5.58. The number of para-hydroxylation sites is 1. The molecule has 1 N–H and O–H groups in total. The van der Waals surface area contributed by atoms with Gasteiger partial charge >= 0.3 is 0 Å². The van der Waals surface area contributed by atoms with E-state index >= 15 is 0 Å². The molecule has 0 aliphatic carbocycles. The maximum absolute atomic E-state index is 6.37. The van der Waals surface area contributed by atoms with Gasteiger partial charge in [0.25, 0.3) is 0 Å². The number of aromatic nitrogens is 1. The Hall–Kier alpha value is -1.81. The van der Waals surface area contributed by atoms with Crippen LogP contribution in [-0.2, 0) is 13.1 Å². The smallest absolute Gasteiger partial charge is 0.0491 e. The van der Waals surface area contributed by atoms with E-state index < -0.39 is 0 Å². The average Bonchev–Trinajstić information content (AvgIpc) is 3.04. The molecule has 0 unspecified atom stereocenters. The summed E-state index contributed by atoms with van der Waals surface area (Å²) in [6.07, 6.45) is 3.45. The molecule has 3 nitrogen and oxygen atoms in total. The third-order valence-electron chi connectivity index (χ3n) is 5.21. The van der Waals surface area contributed by atoms with E-state index in [1.807, 2.05) is 18.2 Å². The maximum atomic E-state index is 6.37. The van der Waals surface area contributed by atoms with Crippen molar-refractivity contribution >= 4 is 22.5 Å². The first-order valence-corrected chi connectivity index (χ1v) is 10.3. The van der Waals surface area contributed by atoms with Gasteiger partial charge in [-0.05, 0) is 55.9 Å². The van der Waals surface area contributed by atoms with Gasteiger partial charge < -0.3 is 14.8 Å². The minimum absolute atomic E-state index is 0.794. The molecular formula is C23H30ClN3. The molecule has 2 aromatic carbocycles. The monoisotopic (exact) mass is 383 g/mol. The molecule has 0 amide bonds. The third kappa shape index (κ3) is 5.13. The lowest BCUT2D eigenvalue weighted by molar-refractivity contribution is 0.298. The van der Waals surface area contributed by atoms with Gasteiger partial charge in [0.2, 0.25) is 0 Å². The van der Waals surface area contributed by atoms with Gasteiger partial charge in [0.15, 0.2) is 0 Å². The summed E-state index contributed by atoms with van der Waals surface area (Å²) in [6.45, 7) is 10.6. The van der Waals surface area contributed by atoms with Crippen molar-refractivity contribution in [2.75, 3.05) is 26.2 Å². The van der Waals surface area contributed by atoms with Crippen molar-refractivity contribution < 1.29 is 0 Å². The van der Waals surface area contributed by atoms with E-state index in [1.54, 1.807) is 0 Å². The number of benzene rings is 2. The second kappa shape index (κ2) is 9.93. The molecule has 144 valence electrons. The molecule has 0 aliphatic heterocycles. The molecule has 0 spiro atoms. The highest BCUT2D eigenvalue weighted by atomic mass is 35.5. The van der Waals surface area contributed by atoms with E-state index in [1.165, 1.54) is 22.9 Å². The number of rotatable bonds is 10. The van der Waals surface area contributed by atoms with Crippen LogP contribution in [0.4, 0.5) is 0 Å². The van der Waals surface area contributed by atoms with Gasteiger partial charge in [-0.2, -0.15) is 0 Å². The Morgan fingerprint density at radius 2 is 1.70 bits per heavy atom. The second-order valence-corrected chi connectivity index (χ2v) is 7.36. The number of hydrogen-bond acceptors (Lipinski definition) is 2. The number of fused-ring (bicyclic) bond motifs is 1. The van der Waals surface area contributed by atoms with E-state index in [0.717, 1.165) is 49.9 Å². The van der Waals surface area contributed by atoms with Gasteiger partial charge in [-0.3, -0.25) is 0 Å². The Balaban J connectivity index is 1.67. The van der Waals surface area contributed by atoms with Crippen molar-refractivity contribution in [2.24, 2.45) is 0 Å². The molecule has 0 radical (unpaired) electrons. The fourth-order valence-corrected chi connectivity index (χ4v) is 3.79. The standard InChI is InChI=1S/C23H30ClN3/c1-3-26(4-2)15-9-14-25-16-20-18-27(23-13-8-6-11-21(20)23)17-19-10-5-7-12-22(19)24/h5-8,10-13,18,25H,3-4,9,14-17H2,1-2H3. The van der Waals surface area contributed by atoms with Gasteiger partial charge in [-0.1, -0.05) is 61.8 Å². The summed E-state index contributed by atoms with van der Waals surface area (Å²) >= 11 is 6.37. The van der Waals surface area contributed by atoms with Crippen LogP contribution in [-0.4, -0.2) is 35.6 Å². The van der Waals surface area contributed by atoms with Crippen LogP contribution in [0.3, 0.4) is 0 Å². The summed E-state index contributed by atoms with van der Waals surface area (Å²) in [7, 11) is 0. The molecule has 0 saturated heterocycles. The average molecular weight is 384 g/mol. The SMILES string of the molecule is CCN(CC)CCCNCc1cn(Cc2ccccc2Cl)c2ccccc12. The highest BCUT2D eigenvalue weighted by molar-refractivity contribution is 6.31. The second-order valence-electron chi connectivity index (χ2n) is 6.95. The quantitative estimate of drug-likeness (QED) is 0.487. The van der Waals surface area contributed by atoms with E-state index in [4.69, 9.17) is 11.6 Å². The topological polar surface area (TPSA) is 20.2 Å². The summed E-state index contributed by atoms with van der Waals surface area (Å²) in [5.74, 6) is 0. The Kier molecular flexibility index (Phi) is 7.33. The molecule has 0 bridgehead atoms. The predicted molar refractivity (Wildman–Crippen MR) is 117 cm³/mol. The fourth-order valence-electron chi connectivity index (χ4n) is 3.60. The highest BCUT2D eigenvalue weighted by Gasteiger charge is 2.09. The molecule has 1 aromatic heterocycles. The van der Waals surface area contributed by atoms with Crippen LogP contribution in [0.25, 0.3) is 10.9 Å². The number of hydrogen-bond donors (Lipinski definition) is 1. The lowest BCUT2D eigenvalue weighted by Gasteiger charge is -2.17. The van der Waals surface area contributed by atoms with Crippen molar-refractivity contribution in [1.29, 1.82) is 0 Å². The van der Waals surface area contributed by atoms with E-state index in [9.17, 15) is 0 Å². The molecule has 27 heavy (non-hydrogen) atoms. The minimum Gasteiger partial charge on any atom is -0.343 e. The first kappa shape index (κ1) is 19.9. The lowest BCUT2D eigenvalue weighted by atomic mass is 10.2. The minimum atomic E-state index is 0.794. The molecule has 1 heterocycles. The normalized spacial score (nSPS) is 11.6. The van der Waals surface area contributed by atoms with Crippen molar-refractivity contribution in [3.63, 3.8) is 0 Å². The van der Waals surface area contributed by atoms with Crippen LogP contribution in [0.2, 0.25) is 5.02 Å². The Morgan fingerprint density at radius 3 is 2.48 bits per heavy atom. The van der Waals surface area contributed by atoms with Crippen LogP contribution in [0.1, 0.15) is 31.4 Å². The van der Waals surface area contributed by atoms with Gasteiger partial charge in [0, 0.05) is 35.2 Å². The van der Waals surface area contributed by atoms with Crippen LogP contribution in [0.15, 0.2) is 54.7 Å². The van der Waals surface area contributed by atoms with Crippen molar-refractivity contribution in [2.45, 2.75) is 33.4 Å². The Labute approximate surface area is 167 Å². The summed E-state index contributed by atoms with van der Waals surface area (Å²) < 4.78 is 2.31. The predicted octanol–water partition coefficient (Wildman–Crippen LogP) is 5.16. The largest absolute Gasteiger partial charge is 0.343 e. The molecular weight excluding hydrogens is 354 g/mol.